The van der Waals surface area contributed by atoms with Gasteiger partial charge in [0.15, 0.2) is 0 Å². The number of carbonyl (C=O) groups is 5. The van der Waals surface area contributed by atoms with Gasteiger partial charge in [-0.25, -0.2) is 9.59 Å². The molecule has 0 unspecified atom stereocenters. The van der Waals surface area contributed by atoms with Crippen LogP contribution in [0.15, 0.2) is 11.3 Å². The Labute approximate surface area is 187 Å². The Morgan fingerprint density at radius 3 is 2.53 bits per heavy atom. The molecule has 11 nitrogen and oxygen atoms in total. The van der Waals surface area contributed by atoms with E-state index in [-0.39, 0.29) is 35.9 Å². The van der Waals surface area contributed by atoms with Crippen LogP contribution >= 0.6 is 11.8 Å². The molecule has 32 heavy (non-hydrogen) atoms. The molecule has 2 amide bonds. The third-order valence-corrected chi connectivity index (χ3v) is 6.47. The average Bonchev–Trinajstić information content (AvgIpc) is 3.03. The Balaban J connectivity index is 1.79. The van der Waals surface area contributed by atoms with Gasteiger partial charge in [0, 0.05) is 23.9 Å². The van der Waals surface area contributed by atoms with Crippen LogP contribution in [0.25, 0.3) is 0 Å². The predicted octanol–water partition coefficient (Wildman–Crippen LogP) is 0.724. The van der Waals surface area contributed by atoms with Crippen LogP contribution in [0, 0.1) is 13.8 Å². The minimum Gasteiger partial charge on any atom is -0.477 e. The molecule has 2 aliphatic rings. The van der Waals surface area contributed by atoms with E-state index in [9.17, 15) is 29.1 Å². The predicted molar refractivity (Wildman–Crippen MR) is 112 cm³/mol. The highest BCUT2D eigenvalue weighted by molar-refractivity contribution is 8.00. The molecule has 1 fully saturated rings. The number of hydrogen-bond acceptors (Lipinski definition) is 8. The van der Waals surface area contributed by atoms with Crippen molar-refractivity contribution >= 4 is 41.5 Å². The number of hydrogen-bond donors (Lipinski definition) is 3. The molecule has 0 aliphatic carbocycles. The van der Waals surface area contributed by atoms with Crippen LogP contribution in [0.2, 0.25) is 0 Å². The lowest BCUT2D eigenvalue weighted by Crippen LogP contribution is -2.70. The van der Waals surface area contributed by atoms with Crippen molar-refractivity contribution in [3.05, 3.63) is 33.8 Å². The second-order valence-corrected chi connectivity index (χ2v) is 8.35. The van der Waals surface area contributed by atoms with E-state index in [1.807, 2.05) is 0 Å². The zero-order valence-corrected chi connectivity index (χ0v) is 18.8. The van der Waals surface area contributed by atoms with Crippen LogP contribution in [0.3, 0.4) is 0 Å². The number of H-pyrrole nitrogens is 1. The fourth-order valence-electron chi connectivity index (χ4n) is 3.69. The van der Waals surface area contributed by atoms with E-state index in [1.54, 1.807) is 20.8 Å². The van der Waals surface area contributed by atoms with Crippen molar-refractivity contribution in [3.63, 3.8) is 0 Å². The molecular weight excluding hydrogens is 442 g/mol. The SMILES string of the molecule is CCOC(=O)c1[nH]c(C)c(C(=O)N[C@@H]2C(=O)N3C(C(=O)O)=C(COC(C)=O)CS[C@H]23)c1C. The number of aromatic nitrogens is 1. The smallest absolute Gasteiger partial charge is 0.355 e. The Bertz CT molecular complexity index is 1040. The van der Waals surface area contributed by atoms with Crippen molar-refractivity contribution in [2.24, 2.45) is 0 Å². The summed E-state index contributed by atoms with van der Waals surface area (Å²) in [6.45, 7) is 6.06. The van der Waals surface area contributed by atoms with Gasteiger partial charge in [0.25, 0.3) is 11.8 Å². The van der Waals surface area contributed by atoms with E-state index >= 15 is 0 Å². The number of thioether (sulfide) groups is 1. The van der Waals surface area contributed by atoms with Crippen LogP contribution in [0.4, 0.5) is 0 Å². The zero-order valence-electron chi connectivity index (χ0n) is 17.9. The minimum absolute atomic E-state index is 0.161. The fourth-order valence-corrected chi connectivity index (χ4v) is 5.02. The van der Waals surface area contributed by atoms with Gasteiger partial charge in [-0.3, -0.25) is 19.3 Å². The monoisotopic (exact) mass is 465 g/mol. The first kappa shape index (κ1) is 23.4. The Kier molecular flexibility index (Phi) is 6.63. The summed E-state index contributed by atoms with van der Waals surface area (Å²) < 4.78 is 9.88. The Morgan fingerprint density at radius 1 is 1.25 bits per heavy atom. The number of carboxylic acids is 1. The lowest BCUT2D eigenvalue weighted by Gasteiger charge is -2.49. The molecule has 0 bridgehead atoms. The first-order valence-electron chi connectivity index (χ1n) is 9.78. The summed E-state index contributed by atoms with van der Waals surface area (Å²) in [6, 6.07) is -0.933. The number of β-lactam (4-membered cyclic amide) rings is 1. The number of carboxylic acid groups (broad SMARTS) is 1. The number of aromatic amines is 1. The Hall–Kier alpha value is -3.28. The molecule has 172 valence electrons. The van der Waals surface area contributed by atoms with Gasteiger partial charge in [0.1, 0.15) is 29.4 Å². The number of ether oxygens (including phenoxy) is 2. The van der Waals surface area contributed by atoms with Crippen molar-refractivity contribution in [3.8, 4) is 0 Å². The number of aliphatic carboxylic acids is 1. The van der Waals surface area contributed by atoms with Gasteiger partial charge in [-0.2, -0.15) is 0 Å². The number of fused-ring (bicyclic) bond motifs is 1. The molecule has 0 radical (unpaired) electrons. The maximum absolute atomic E-state index is 12.9. The summed E-state index contributed by atoms with van der Waals surface area (Å²) in [7, 11) is 0. The zero-order chi connectivity index (χ0) is 23.7. The van der Waals surface area contributed by atoms with Gasteiger partial charge in [-0.1, -0.05) is 0 Å². The minimum atomic E-state index is -1.31. The normalized spacial score (nSPS) is 19.8. The number of nitrogens with zero attached hydrogens (tertiary/aromatic N) is 1. The van der Waals surface area contributed by atoms with Crippen LogP contribution in [-0.4, -0.2) is 75.1 Å². The number of nitrogens with one attached hydrogen (secondary N) is 2. The van der Waals surface area contributed by atoms with Crippen LogP contribution in [0.1, 0.15) is 46.0 Å². The number of carbonyl (C=O) groups excluding carboxylic acids is 4. The molecule has 2 aliphatic heterocycles. The standard InChI is InChI=1S/C20H23N3O8S/c1-5-30-20(29)13-8(2)12(9(3)21-13)16(25)22-14-17(26)23-15(19(27)28)11(6-31-10(4)24)7-32-18(14)23/h14,18,21H,5-7H2,1-4H3,(H,22,25)(H,27,28)/t14-,18-/m1/s1. The molecule has 2 atom stereocenters. The molecule has 1 saturated heterocycles. The van der Waals surface area contributed by atoms with E-state index in [4.69, 9.17) is 9.47 Å². The quantitative estimate of drug-likeness (QED) is 0.390. The van der Waals surface area contributed by atoms with E-state index in [1.165, 1.54) is 18.7 Å². The lowest BCUT2D eigenvalue weighted by atomic mass is 10.0. The van der Waals surface area contributed by atoms with Gasteiger partial charge >= 0.3 is 17.9 Å². The largest absolute Gasteiger partial charge is 0.477 e. The first-order chi connectivity index (χ1) is 15.1. The second-order valence-electron chi connectivity index (χ2n) is 7.24. The van der Waals surface area contributed by atoms with Crippen LogP contribution < -0.4 is 5.32 Å². The molecule has 3 rings (SSSR count). The van der Waals surface area contributed by atoms with Crippen molar-refractivity contribution in [2.75, 3.05) is 19.0 Å². The van der Waals surface area contributed by atoms with Crippen LogP contribution in [0.5, 0.6) is 0 Å². The Morgan fingerprint density at radius 2 is 1.94 bits per heavy atom. The van der Waals surface area contributed by atoms with E-state index in [2.05, 4.69) is 10.3 Å². The topological polar surface area (TPSA) is 155 Å². The maximum Gasteiger partial charge on any atom is 0.355 e. The molecule has 3 N–H and O–H groups in total. The van der Waals surface area contributed by atoms with Gasteiger partial charge in [-0.05, 0) is 26.3 Å². The molecule has 3 heterocycles. The number of amides is 2. The molecule has 0 aromatic carbocycles. The maximum atomic E-state index is 12.9. The summed E-state index contributed by atoms with van der Waals surface area (Å²) in [5.41, 5.74) is 1.30. The molecule has 0 spiro atoms. The highest BCUT2D eigenvalue weighted by Crippen LogP contribution is 2.40. The van der Waals surface area contributed by atoms with Crippen LogP contribution in [-0.2, 0) is 23.9 Å². The third kappa shape index (κ3) is 4.09. The molecular formula is C20H23N3O8S. The highest BCUT2D eigenvalue weighted by atomic mass is 32.2. The molecule has 1 aromatic heterocycles. The van der Waals surface area contributed by atoms with Gasteiger partial charge < -0.3 is 24.9 Å². The summed E-state index contributed by atoms with van der Waals surface area (Å²) in [6.07, 6.45) is 0. The average molecular weight is 465 g/mol. The van der Waals surface area contributed by atoms with Crippen molar-refractivity contribution in [1.82, 2.24) is 15.2 Å². The van der Waals surface area contributed by atoms with E-state index in [0.29, 0.717) is 16.8 Å². The first-order valence-corrected chi connectivity index (χ1v) is 10.8. The summed E-state index contributed by atoms with van der Waals surface area (Å²) in [5, 5.41) is 11.6. The van der Waals surface area contributed by atoms with Crippen molar-refractivity contribution < 1.29 is 38.6 Å². The van der Waals surface area contributed by atoms with E-state index in [0.717, 1.165) is 4.90 Å². The van der Waals surface area contributed by atoms with Gasteiger partial charge in [0.2, 0.25) is 0 Å². The van der Waals surface area contributed by atoms with E-state index < -0.39 is 41.1 Å². The number of rotatable bonds is 7. The molecule has 1 aromatic rings. The van der Waals surface area contributed by atoms with Crippen molar-refractivity contribution in [1.29, 1.82) is 0 Å². The lowest BCUT2D eigenvalue weighted by molar-refractivity contribution is -0.149. The van der Waals surface area contributed by atoms with Gasteiger partial charge in [0.05, 0.1) is 12.2 Å². The molecule has 0 saturated carbocycles. The molecule has 12 heteroatoms. The summed E-state index contributed by atoms with van der Waals surface area (Å²) >= 11 is 1.26. The van der Waals surface area contributed by atoms with Gasteiger partial charge in [-0.15, -0.1) is 11.8 Å². The third-order valence-electron chi connectivity index (χ3n) is 5.13. The van der Waals surface area contributed by atoms with Crippen molar-refractivity contribution in [2.45, 2.75) is 39.1 Å². The fraction of sp³-hybridized carbons (Fsp3) is 0.450. The summed E-state index contributed by atoms with van der Waals surface area (Å²) in [4.78, 5) is 64.5. The number of esters is 2. The summed E-state index contributed by atoms with van der Waals surface area (Å²) in [5.74, 6) is -3.37. The highest BCUT2D eigenvalue weighted by Gasteiger charge is 2.54. The second kappa shape index (κ2) is 9.07. The number of aryl methyl sites for hydroxylation is 1.